The maximum Gasteiger partial charge on any atom is 0.124 e. The van der Waals surface area contributed by atoms with Crippen LogP contribution in [0.3, 0.4) is 0 Å². The van der Waals surface area contributed by atoms with Crippen LogP contribution >= 0.6 is 0 Å². The van der Waals surface area contributed by atoms with Gasteiger partial charge < -0.3 is 14.8 Å². The molecule has 3 rings (SSSR count). The second-order valence-corrected chi connectivity index (χ2v) is 6.98. The van der Waals surface area contributed by atoms with Gasteiger partial charge in [-0.3, -0.25) is 0 Å². The first-order valence-electron chi connectivity index (χ1n) is 8.23. The molecule has 3 heteroatoms. The molecule has 1 aromatic carbocycles. The average molecular weight is 289 g/mol. The fourth-order valence-corrected chi connectivity index (χ4v) is 2.97. The Bertz CT molecular complexity index is 468. The number of hydrogen-bond acceptors (Lipinski definition) is 3. The molecule has 1 aliphatic heterocycles. The predicted molar refractivity (Wildman–Crippen MR) is 84.7 cm³/mol. The molecular formula is C18H27NO2. The van der Waals surface area contributed by atoms with Gasteiger partial charge in [-0.1, -0.05) is 18.2 Å². The van der Waals surface area contributed by atoms with E-state index in [1.165, 1.54) is 18.4 Å². The Morgan fingerprint density at radius 1 is 1.29 bits per heavy atom. The number of benzene rings is 1. The van der Waals surface area contributed by atoms with E-state index in [0.29, 0.717) is 6.04 Å². The Morgan fingerprint density at radius 2 is 2.10 bits per heavy atom. The smallest absolute Gasteiger partial charge is 0.124 e. The second-order valence-electron chi connectivity index (χ2n) is 6.98. The zero-order valence-electron chi connectivity index (χ0n) is 13.2. The van der Waals surface area contributed by atoms with E-state index in [1.807, 2.05) is 6.07 Å². The molecule has 1 fully saturated rings. The van der Waals surface area contributed by atoms with Crippen molar-refractivity contribution in [2.45, 2.75) is 51.2 Å². The summed E-state index contributed by atoms with van der Waals surface area (Å²) in [5.74, 6) is 1.89. The highest BCUT2D eigenvalue weighted by Crippen LogP contribution is 2.39. The van der Waals surface area contributed by atoms with E-state index in [2.05, 4.69) is 37.4 Å². The maximum atomic E-state index is 6.06. The third-order valence-corrected chi connectivity index (χ3v) is 4.28. The van der Waals surface area contributed by atoms with E-state index in [9.17, 15) is 0 Å². The maximum absolute atomic E-state index is 6.06. The van der Waals surface area contributed by atoms with Crippen LogP contribution in [0.1, 0.15) is 51.1 Å². The minimum Gasteiger partial charge on any atom is -0.487 e. The third kappa shape index (κ3) is 4.21. The highest BCUT2D eigenvalue weighted by molar-refractivity contribution is 5.38. The summed E-state index contributed by atoms with van der Waals surface area (Å²) in [7, 11) is 0. The lowest BCUT2D eigenvalue weighted by Gasteiger charge is -2.38. The van der Waals surface area contributed by atoms with Gasteiger partial charge in [-0.2, -0.15) is 0 Å². The van der Waals surface area contributed by atoms with E-state index < -0.39 is 0 Å². The molecule has 1 saturated carbocycles. The number of rotatable bonds is 7. The van der Waals surface area contributed by atoms with Crippen molar-refractivity contribution in [2.24, 2.45) is 5.92 Å². The highest BCUT2D eigenvalue weighted by atomic mass is 16.5. The fourth-order valence-electron chi connectivity index (χ4n) is 2.97. The zero-order valence-corrected chi connectivity index (χ0v) is 13.2. The Balaban J connectivity index is 1.47. The van der Waals surface area contributed by atoms with Crippen molar-refractivity contribution >= 4 is 0 Å². The molecule has 116 valence electrons. The van der Waals surface area contributed by atoms with Crippen LogP contribution in [0.4, 0.5) is 0 Å². The lowest BCUT2D eigenvalue weighted by Crippen LogP contribution is -2.39. The predicted octanol–water partition coefficient (Wildman–Crippen LogP) is 3.70. The lowest BCUT2D eigenvalue weighted by molar-refractivity contribution is 0.0649. The molecule has 1 unspecified atom stereocenters. The van der Waals surface area contributed by atoms with Crippen molar-refractivity contribution in [3.05, 3.63) is 29.8 Å². The molecule has 1 heterocycles. The zero-order chi connectivity index (χ0) is 14.7. The highest BCUT2D eigenvalue weighted by Gasteiger charge is 2.33. The van der Waals surface area contributed by atoms with Gasteiger partial charge in [0.2, 0.25) is 0 Å². The molecule has 0 spiro atoms. The minimum absolute atomic E-state index is 0.103. The van der Waals surface area contributed by atoms with Crippen molar-refractivity contribution in [2.75, 3.05) is 19.8 Å². The van der Waals surface area contributed by atoms with Crippen LogP contribution in [0.2, 0.25) is 0 Å². The van der Waals surface area contributed by atoms with Crippen LogP contribution in [0.25, 0.3) is 0 Å². The van der Waals surface area contributed by atoms with E-state index in [1.54, 1.807) is 0 Å². The quantitative estimate of drug-likeness (QED) is 0.776. The topological polar surface area (TPSA) is 30.5 Å². The van der Waals surface area contributed by atoms with E-state index in [-0.39, 0.29) is 5.60 Å². The summed E-state index contributed by atoms with van der Waals surface area (Å²) in [6, 6.07) is 8.76. The largest absolute Gasteiger partial charge is 0.487 e. The van der Waals surface area contributed by atoms with Gasteiger partial charge in [0.05, 0.1) is 0 Å². The van der Waals surface area contributed by atoms with E-state index >= 15 is 0 Å². The Morgan fingerprint density at radius 3 is 2.90 bits per heavy atom. The first-order chi connectivity index (χ1) is 10.1. The Kier molecular flexibility index (Phi) is 4.51. The van der Waals surface area contributed by atoms with Gasteiger partial charge in [-0.05, 0) is 51.6 Å². The minimum atomic E-state index is -0.103. The first-order valence-corrected chi connectivity index (χ1v) is 8.23. The fraction of sp³-hybridized carbons (Fsp3) is 0.667. The van der Waals surface area contributed by atoms with Gasteiger partial charge in [0.1, 0.15) is 11.4 Å². The number of ether oxygens (including phenoxy) is 2. The van der Waals surface area contributed by atoms with Crippen molar-refractivity contribution in [3.63, 3.8) is 0 Å². The van der Waals surface area contributed by atoms with Crippen LogP contribution in [-0.2, 0) is 4.74 Å². The van der Waals surface area contributed by atoms with Gasteiger partial charge in [0, 0.05) is 31.2 Å². The summed E-state index contributed by atoms with van der Waals surface area (Å²) in [6.07, 6.45) is 4.82. The molecule has 1 N–H and O–H groups in total. The molecule has 0 amide bonds. The van der Waals surface area contributed by atoms with Crippen molar-refractivity contribution < 1.29 is 9.47 Å². The number of hydrogen-bond donors (Lipinski definition) is 1. The summed E-state index contributed by atoms with van der Waals surface area (Å²) in [6.45, 7) is 7.16. The van der Waals surface area contributed by atoms with E-state index in [0.717, 1.165) is 44.3 Å². The summed E-state index contributed by atoms with van der Waals surface area (Å²) < 4.78 is 11.8. The molecule has 1 atom stereocenters. The lowest BCUT2D eigenvalue weighted by atomic mass is 9.89. The van der Waals surface area contributed by atoms with Crippen molar-refractivity contribution in [1.29, 1.82) is 0 Å². The van der Waals surface area contributed by atoms with Gasteiger partial charge in [-0.15, -0.1) is 0 Å². The molecule has 21 heavy (non-hydrogen) atoms. The molecule has 0 radical (unpaired) electrons. The summed E-state index contributed by atoms with van der Waals surface area (Å²) in [4.78, 5) is 0. The second kappa shape index (κ2) is 6.37. The molecular weight excluding hydrogens is 262 g/mol. The first kappa shape index (κ1) is 14.9. The van der Waals surface area contributed by atoms with Crippen LogP contribution < -0.4 is 10.1 Å². The van der Waals surface area contributed by atoms with Gasteiger partial charge in [0.25, 0.3) is 0 Å². The summed E-state index contributed by atoms with van der Waals surface area (Å²) in [5, 5.41) is 3.68. The number of nitrogens with one attached hydrogen (secondary N) is 1. The van der Waals surface area contributed by atoms with Crippen LogP contribution in [-0.4, -0.2) is 25.4 Å². The van der Waals surface area contributed by atoms with Gasteiger partial charge in [-0.25, -0.2) is 0 Å². The van der Waals surface area contributed by atoms with Gasteiger partial charge in [0.15, 0.2) is 0 Å². The molecule has 0 saturated heterocycles. The summed E-state index contributed by atoms with van der Waals surface area (Å²) in [5.41, 5.74) is 1.19. The van der Waals surface area contributed by atoms with E-state index in [4.69, 9.17) is 9.47 Å². The van der Waals surface area contributed by atoms with Crippen molar-refractivity contribution in [1.82, 2.24) is 5.32 Å². The Hall–Kier alpha value is -1.06. The summed E-state index contributed by atoms with van der Waals surface area (Å²) >= 11 is 0. The number of para-hydroxylation sites is 1. The SMILES string of the molecule is CC1(C)CC(NCCCOCC2CC2)c2ccccc2O1. The average Bonchev–Trinajstić information content (AvgIpc) is 3.25. The van der Waals surface area contributed by atoms with Crippen LogP contribution in [0, 0.1) is 5.92 Å². The van der Waals surface area contributed by atoms with Crippen molar-refractivity contribution in [3.8, 4) is 5.75 Å². The standard InChI is InChI=1S/C18H27NO2/c1-18(2)12-16(15-6-3-4-7-17(15)21-18)19-10-5-11-20-13-14-8-9-14/h3-4,6-7,14,16,19H,5,8-13H2,1-2H3. The van der Waals surface area contributed by atoms with Gasteiger partial charge >= 0.3 is 0 Å². The molecule has 0 bridgehead atoms. The van der Waals surface area contributed by atoms with Crippen LogP contribution in [0.5, 0.6) is 5.75 Å². The van der Waals surface area contributed by atoms with Crippen LogP contribution in [0.15, 0.2) is 24.3 Å². The molecule has 3 nitrogen and oxygen atoms in total. The third-order valence-electron chi connectivity index (χ3n) is 4.28. The monoisotopic (exact) mass is 289 g/mol. The molecule has 2 aliphatic rings. The molecule has 1 aliphatic carbocycles. The molecule has 1 aromatic rings. The molecule has 0 aromatic heterocycles. The normalized spacial score (nSPS) is 23.4. The Labute approximate surface area is 128 Å². The number of fused-ring (bicyclic) bond motifs is 1.